The van der Waals surface area contributed by atoms with Crippen LogP contribution >= 0.6 is 0 Å². The Balaban J connectivity index is 2.71. The summed E-state index contributed by atoms with van der Waals surface area (Å²) in [6.45, 7) is 2.61. The Bertz CT molecular complexity index is 213. The summed E-state index contributed by atoms with van der Waals surface area (Å²) in [6, 6.07) is -0.182. The van der Waals surface area contributed by atoms with Crippen LogP contribution in [0.25, 0.3) is 0 Å². The van der Waals surface area contributed by atoms with Gasteiger partial charge in [0, 0.05) is 12.7 Å². The fraction of sp³-hybridized carbons (Fsp3) is 0.571. The number of nitrogens with two attached hydrogens (primary N) is 2. The fourth-order valence-corrected chi connectivity index (χ4v) is 1.10. The molecule has 1 atom stereocenters. The lowest BCUT2D eigenvalue weighted by Gasteiger charge is -2.31. The summed E-state index contributed by atoms with van der Waals surface area (Å²) < 4.78 is 0. The van der Waals surface area contributed by atoms with Gasteiger partial charge < -0.3 is 21.7 Å². The van der Waals surface area contributed by atoms with E-state index in [0.717, 1.165) is 6.42 Å². The van der Waals surface area contributed by atoms with Gasteiger partial charge in [-0.3, -0.25) is 0 Å². The highest BCUT2D eigenvalue weighted by molar-refractivity contribution is 5.77. The highest BCUT2D eigenvalue weighted by Gasteiger charge is 2.24. The Labute approximate surface area is 71.4 Å². The topological polar surface area (TPSA) is 84.4 Å². The van der Waals surface area contributed by atoms with Gasteiger partial charge in [-0.25, -0.2) is 4.79 Å². The second-order valence-corrected chi connectivity index (χ2v) is 2.73. The summed E-state index contributed by atoms with van der Waals surface area (Å²) in [6.07, 6.45) is 1.84. The minimum absolute atomic E-state index is 0.182. The van der Waals surface area contributed by atoms with Crippen molar-refractivity contribution < 1.29 is 4.79 Å². The third-order valence-corrected chi connectivity index (χ3v) is 1.76. The van der Waals surface area contributed by atoms with Crippen LogP contribution in [0.15, 0.2) is 11.9 Å². The number of hydrogen-bond acceptors (Lipinski definition) is 3. The molecular formula is C7H14N4O. The number of urea groups is 1. The first-order valence-corrected chi connectivity index (χ1v) is 3.95. The highest BCUT2D eigenvalue weighted by atomic mass is 16.2. The van der Waals surface area contributed by atoms with E-state index >= 15 is 0 Å². The van der Waals surface area contributed by atoms with Crippen LogP contribution in [-0.2, 0) is 0 Å². The molecule has 5 N–H and O–H groups in total. The molecule has 2 amide bonds. The van der Waals surface area contributed by atoms with E-state index < -0.39 is 6.17 Å². The van der Waals surface area contributed by atoms with Gasteiger partial charge in [-0.15, -0.1) is 0 Å². The lowest BCUT2D eigenvalue weighted by molar-refractivity contribution is 0.182. The maximum atomic E-state index is 11.2. The average Bonchev–Trinajstić information content (AvgIpc) is 2.06. The van der Waals surface area contributed by atoms with Crippen LogP contribution in [0.4, 0.5) is 4.79 Å². The van der Waals surface area contributed by atoms with Gasteiger partial charge >= 0.3 is 6.03 Å². The maximum Gasteiger partial charge on any atom is 0.323 e. The van der Waals surface area contributed by atoms with E-state index in [9.17, 15) is 4.79 Å². The number of nitrogens with zero attached hydrogens (tertiary/aromatic N) is 1. The summed E-state index contributed by atoms with van der Waals surface area (Å²) in [5.41, 5.74) is 11.7. The molecule has 1 aliphatic heterocycles. The molecule has 1 aliphatic rings. The standard InChI is InChI=1S/C7H14N4O/c1-2-3-11-6(9)5(8)4-10-7(11)12/h4,6H,2-3,8-9H2,1H3,(H,10,12). The maximum absolute atomic E-state index is 11.2. The molecule has 5 heteroatoms. The summed E-state index contributed by atoms with van der Waals surface area (Å²) in [5.74, 6) is 0. The van der Waals surface area contributed by atoms with Crippen LogP contribution < -0.4 is 16.8 Å². The molecule has 0 saturated heterocycles. The second-order valence-electron chi connectivity index (χ2n) is 2.73. The quantitative estimate of drug-likeness (QED) is 0.522. The second kappa shape index (κ2) is 3.44. The molecule has 0 spiro atoms. The Morgan fingerprint density at radius 1 is 1.75 bits per heavy atom. The number of carbonyl (C=O) groups excluding carboxylic acids is 1. The molecule has 0 aromatic heterocycles. The van der Waals surface area contributed by atoms with Crippen molar-refractivity contribution in [3.05, 3.63) is 11.9 Å². The smallest absolute Gasteiger partial charge is 0.323 e. The summed E-state index contributed by atoms with van der Waals surface area (Å²) in [5, 5.41) is 2.52. The predicted molar refractivity (Wildman–Crippen MR) is 45.8 cm³/mol. The zero-order valence-corrected chi connectivity index (χ0v) is 7.08. The molecule has 0 fully saturated rings. The number of nitrogens with one attached hydrogen (secondary N) is 1. The fourth-order valence-electron chi connectivity index (χ4n) is 1.10. The monoisotopic (exact) mass is 170 g/mol. The summed E-state index contributed by atoms with van der Waals surface area (Å²) in [4.78, 5) is 12.7. The van der Waals surface area contributed by atoms with Crippen molar-refractivity contribution in [1.29, 1.82) is 0 Å². The van der Waals surface area contributed by atoms with Gasteiger partial charge in [-0.05, 0) is 6.42 Å². The van der Waals surface area contributed by atoms with Crippen LogP contribution in [0.5, 0.6) is 0 Å². The van der Waals surface area contributed by atoms with Gasteiger partial charge in [0.2, 0.25) is 0 Å². The van der Waals surface area contributed by atoms with E-state index in [4.69, 9.17) is 11.5 Å². The Morgan fingerprint density at radius 2 is 2.42 bits per heavy atom. The Morgan fingerprint density at radius 3 is 3.00 bits per heavy atom. The first-order chi connectivity index (χ1) is 5.66. The zero-order valence-electron chi connectivity index (χ0n) is 7.08. The molecule has 1 unspecified atom stereocenters. The highest BCUT2D eigenvalue weighted by Crippen LogP contribution is 2.06. The zero-order chi connectivity index (χ0) is 9.14. The third kappa shape index (κ3) is 1.50. The number of amides is 2. The molecule has 0 aromatic rings. The summed E-state index contributed by atoms with van der Waals surface area (Å²) >= 11 is 0. The van der Waals surface area contributed by atoms with Crippen molar-refractivity contribution in [2.24, 2.45) is 11.5 Å². The lowest BCUT2D eigenvalue weighted by Crippen LogP contribution is -2.55. The van der Waals surface area contributed by atoms with Crippen LogP contribution in [0.1, 0.15) is 13.3 Å². The number of rotatable bonds is 2. The molecule has 68 valence electrons. The third-order valence-electron chi connectivity index (χ3n) is 1.76. The predicted octanol–water partition coefficient (Wildman–Crippen LogP) is -0.493. The van der Waals surface area contributed by atoms with Crippen LogP contribution in [0.2, 0.25) is 0 Å². The van der Waals surface area contributed by atoms with Crippen molar-refractivity contribution in [1.82, 2.24) is 10.2 Å². The van der Waals surface area contributed by atoms with E-state index in [2.05, 4.69) is 5.32 Å². The molecular weight excluding hydrogens is 156 g/mol. The normalized spacial score (nSPS) is 23.5. The van der Waals surface area contributed by atoms with E-state index in [1.54, 1.807) is 0 Å². The van der Waals surface area contributed by atoms with Crippen molar-refractivity contribution in [2.75, 3.05) is 6.54 Å². The molecule has 12 heavy (non-hydrogen) atoms. The molecule has 0 saturated carbocycles. The van der Waals surface area contributed by atoms with E-state index in [-0.39, 0.29) is 6.03 Å². The van der Waals surface area contributed by atoms with E-state index in [1.807, 2.05) is 6.92 Å². The molecule has 0 radical (unpaired) electrons. The largest absolute Gasteiger partial charge is 0.398 e. The molecule has 0 aliphatic carbocycles. The van der Waals surface area contributed by atoms with Gasteiger partial charge in [-0.2, -0.15) is 0 Å². The molecule has 0 bridgehead atoms. The molecule has 0 aromatic carbocycles. The summed E-state index contributed by atoms with van der Waals surface area (Å²) in [7, 11) is 0. The minimum Gasteiger partial charge on any atom is -0.398 e. The molecule has 1 heterocycles. The van der Waals surface area contributed by atoms with Crippen LogP contribution in [-0.4, -0.2) is 23.6 Å². The number of carbonyl (C=O) groups is 1. The van der Waals surface area contributed by atoms with Gasteiger partial charge in [0.15, 0.2) is 0 Å². The molecule has 1 rings (SSSR count). The number of hydrogen-bond donors (Lipinski definition) is 3. The molecule has 5 nitrogen and oxygen atoms in total. The van der Waals surface area contributed by atoms with Crippen LogP contribution in [0.3, 0.4) is 0 Å². The average molecular weight is 170 g/mol. The van der Waals surface area contributed by atoms with Crippen molar-refractivity contribution in [2.45, 2.75) is 19.5 Å². The van der Waals surface area contributed by atoms with E-state index in [0.29, 0.717) is 12.2 Å². The first-order valence-electron chi connectivity index (χ1n) is 3.95. The van der Waals surface area contributed by atoms with Gasteiger partial charge in [0.1, 0.15) is 6.17 Å². The van der Waals surface area contributed by atoms with Crippen molar-refractivity contribution in [3.8, 4) is 0 Å². The lowest BCUT2D eigenvalue weighted by atomic mass is 10.3. The van der Waals surface area contributed by atoms with Gasteiger partial charge in [0.05, 0.1) is 5.70 Å². The van der Waals surface area contributed by atoms with E-state index in [1.165, 1.54) is 11.1 Å². The van der Waals surface area contributed by atoms with Crippen molar-refractivity contribution >= 4 is 6.03 Å². The first kappa shape index (κ1) is 8.86. The SMILES string of the molecule is CCCN1C(=O)NC=C(N)C1N. The minimum atomic E-state index is -0.473. The Kier molecular flexibility index (Phi) is 2.54. The van der Waals surface area contributed by atoms with Gasteiger partial charge in [-0.1, -0.05) is 6.92 Å². The van der Waals surface area contributed by atoms with Crippen LogP contribution in [0, 0.1) is 0 Å². The van der Waals surface area contributed by atoms with Gasteiger partial charge in [0.25, 0.3) is 0 Å². The Hall–Kier alpha value is -1.23. The van der Waals surface area contributed by atoms with Crippen molar-refractivity contribution in [3.63, 3.8) is 0 Å².